The van der Waals surface area contributed by atoms with Crippen LogP contribution in [0.25, 0.3) is 0 Å². The SMILES string of the molecule is COc1cccc(CN(C(=O)CN(c2ccccc2F)S(=O)(=O)c2ccccc2)[C@@H](Cc2ccccc2)C(=O)NC(C)(C)C)c1. The van der Waals surface area contributed by atoms with Crippen LogP contribution in [0.1, 0.15) is 31.9 Å². The Balaban J connectivity index is 1.83. The lowest BCUT2D eigenvalue weighted by Gasteiger charge is -2.35. The predicted octanol–water partition coefficient (Wildman–Crippen LogP) is 5.58. The summed E-state index contributed by atoms with van der Waals surface area (Å²) in [6.07, 6.45) is 0.156. The van der Waals surface area contributed by atoms with Gasteiger partial charge in [0.05, 0.1) is 17.7 Å². The molecule has 0 radical (unpaired) electrons. The zero-order chi connectivity index (χ0) is 32.6. The topological polar surface area (TPSA) is 96.0 Å². The second-order valence-electron chi connectivity index (χ2n) is 11.6. The molecule has 1 atom stereocenters. The maximum Gasteiger partial charge on any atom is 0.264 e. The van der Waals surface area contributed by atoms with Crippen LogP contribution >= 0.6 is 0 Å². The maximum atomic E-state index is 15.2. The van der Waals surface area contributed by atoms with Crippen molar-refractivity contribution in [3.8, 4) is 5.75 Å². The van der Waals surface area contributed by atoms with Crippen LogP contribution in [0.4, 0.5) is 10.1 Å². The minimum Gasteiger partial charge on any atom is -0.497 e. The third-order valence-corrected chi connectivity index (χ3v) is 8.76. The van der Waals surface area contributed by atoms with Crippen LogP contribution in [0.3, 0.4) is 0 Å². The number of para-hydroxylation sites is 1. The minimum atomic E-state index is -4.40. The van der Waals surface area contributed by atoms with Crippen molar-refractivity contribution in [1.82, 2.24) is 10.2 Å². The van der Waals surface area contributed by atoms with Crippen molar-refractivity contribution >= 4 is 27.5 Å². The molecule has 4 aromatic rings. The first kappa shape index (κ1) is 33.2. The highest BCUT2D eigenvalue weighted by Crippen LogP contribution is 2.27. The Morgan fingerprint density at radius 3 is 2.07 bits per heavy atom. The smallest absolute Gasteiger partial charge is 0.264 e. The highest BCUT2D eigenvalue weighted by molar-refractivity contribution is 7.92. The highest BCUT2D eigenvalue weighted by Gasteiger charge is 2.36. The molecule has 4 aromatic carbocycles. The van der Waals surface area contributed by atoms with Gasteiger partial charge < -0.3 is 15.0 Å². The van der Waals surface area contributed by atoms with Crippen LogP contribution in [0.15, 0.2) is 114 Å². The van der Waals surface area contributed by atoms with Gasteiger partial charge in [-0.05, 0) is 68.3 Å². The number of carbonyl (C=O) groups is 2. The van der Waals surface area contributed by atoms with Crippen molar-refractivity contribution < 1.29 is 27.1 Å². The number of ether oxygens (including phenoxy) is 1. The van der Waals surface area contributed by atoms with Crippen molar-refractivity contribution in [2.75, 3.05) is 18.0 Å². The molecule has 8 nitrogen and oxygen atoms in total. The summed E-state index contributed by atoms with van der Waals surface area (Å²) in [5.74, 6) is -1.36. The summed E-state index contributed by atoms with van der Waals surface area (Å²) in [7, 11) is -2.87. The highest BCUT2D eigenvalue weighted by atomic mass is 32.2. The molecule has 236 valence electrons. The lowest BCUT2D eigenvalue weighted by Crippen LogP contribution is -2.56. The minimum absolute atomic E-state index is 0.0401. The number of methoxy groups -OCH3 is 1. The summed E-state index contributed by atoms with van der Waals surface area (Å²) < 4.78 is 49.3. The first-order valence-electron chi connectivity index (χ1n) is 14.5. The largest absolute Gasteiger partial charge is 0.497 e. The van der Waals surface area contributed by atoms with E-state index in [4.69, 9.17) is 4.74 Å². The molecule has 0 unspecified atom stereocenters. The quantitative estimate of drug-likeness (QED) is 0.220. The van der Waals surface area contributed by atoms with E-state index in [0.29, 0.717) is 11.3 Å². The number of halogens is 1. The number of nitrogens with one attached hydrogen (secondary N) is 1. The number of anilines is 1. The summed E-state index contributed by atoms with van der Waals surface area (Å²) in [6.45, 7) is 4.72. The molecular formula is C35H38FN3O5S. The van der Waals surface area contributed by atoms with Crippen LogP contribution in [-0.4, -0.2) is 50.4 Å². The first-order valence-corrected chi connectivity index (χ1v) is 15.9. The van der Waals surface area contributed by atoms with E-state index in [2.05, 4.69) is 5.32 Å². The van der Waals surface area contributed by atoms with Gasteiger partial charge in [0, 0.05) is 18.5 Å². The first-order chi connectivity index (χ1) is 21.4. The lowest BCUT2D eigenvalue weighted by molar-refractivity contribution is -0.140. The van der Waals surface area contributed by atoms with E-state index in [0.717, 1.165) is 15.9 Å². The fraction of sp³-hybridized carbons (Fsp3) is 0.257. The fourth-order valence-electron chi connectivity index (χ4n) is 4.86. The van der Waals surface area contributed by atoms with Gasteiger partial charge in [-0.2, -0.15) is 0 Å². The molecule has 0 aromatic heterocycles. The Morgan fingerprint density at radius 2 is 1.44 bits per heavy atom. The molecule has 0 aliphatic heterocycles. The molecule has 0 fully saturated rings. The molecule has 2 amide bonds. The van der Waals surface area contributed by atoms with E-state index in [9.17, 15) is 18.0 Å². The summed E-state index contributed by atoms with van der Waals surface area (Å²) in [5.41, 5.74) is 0.562. The van der Waals surface area contributed by atoms with Crippen LogP contribution in [-0.2, 0) is 32.6 Å². The van der Waals surface area contributed by atoms with E-state index < -0.39 is 45.8 Å². The molecule has 0 bridgehead atoms. The third-order valence-electron chi connectivity index (χ3n) is 6.99. The Labute approximate surface area is 264 Å². The Hall–Kier alpha value is -4.70. The molecule has 1 N–H and O–H groups in total. The van der Waals surface area contributed by atoms with Crippen molar-refractivity contribution in [1.29, 1.82) is 0 Å². The Morgan fingerprint density at radius 1 is 0.844 bits per heavy atom. The Kier molecular flexibility index (Phi) is 10.6. The van der Waals surface area contributed by atoms with Crippen LogP contribution in [0.2, 0.25) is 0 Å². The molecule has 0 aliphatic carbocycles. The van der Waals surface area contributed by atoms with E-state index >= 15 is 4.39 Å². The molecule has 0 aliphatic rings. The number of nitrogens with zero attached hydrogens (tertiary/aromatic N) is 2. The molecule has 0 saturated carbocycles. The van der Waals surface area contributed by atoms with Crippen molar-refractivity contribution in [2.45, 2.75) is 50.2 Å². The van der Waals surface area contributed by atoms with Gasteiger partial charge >= 0.3 is 0 Å². The van der Waals surface area contributed by atoms with Gasteiger partial charge in [-0.3, -0.25) is 13.9 Å². The summed E-state index contributed by atoms with van der Waals surface area (Å²) >= 11 is 0. The van der Waals surface area contributed by atoms with E-state index in [1.54, 1.807) is 42.5 Å². The number of hydrogen-bond donors (Lipinski definition) is 1. The third kappa shape index (κ3) is 8.69. The Bertz CT molecular complexity index is 1710. The van der Waals surface area contributed by atoms with Crippen LogP contribution in [0, 0.1) is 5.82 Å². The van der Waals surface area contributed by atoms with Gasteiger partial charge in [-0.15, -0.1) is 0 Å². The predicted molar refractivity (Wildman–Crippen MR) is 173 cm³/mol. The fourth-order valence-corrected chi connectivity index (χ4v) is 6.30. The maximum absolute atomic E-state index is 15.2. The summed E-state index contributed by atoms with van der Waals surface area (Å²) in [4.78, 5) is 29.6. The molecule has 45 heavy (non-hydrogen) atoms. The van der Waals surface area contributed by atoms with Gasteiger partial charge in [0.2, 0.25) is 11.8 Å². The lowest BCUT2D eigenvalue weighted by atomic mass is 10.0. The van der Waals surface area contributed by atoms with Gasteiger partial charge in [0.1, 0.15) is 24.2 Å². The number of benzene rings is 4. The van der Waals surface area contributed by atoms with Crippen molar-refractivity contribution in [3.05, 3.63) is 126 Å². The van der Waals surface area contributed by atoms with Gasteiger partial charge in [-0.25, -0.2) is 12.8 Å². The zero-order valence-electron chi connectivity index (χ0n) is 25.8. The molecule has 0 heterocycles. The van der Waals surface area contributed by atoms with Crippen molar-refractivity contribution in [3.63, 3.8) is 0 Å². The summed E-state index contributed by atoms with van der Waals surface area (Å²) in [5, 5.41) is 2.98. The van der Waals surface area contributed by atoms with E-state index in [-0.39, 0.29) is 23.5 Å². The van der Waals surface area contributed by atoms with E-state index in [1.807, 2.05) is 51.1 Å². The van der Waals surface area contributed by atoms with Crippen LogP contribution in [0.5, 0.6) is 5.75 Å². The zero-order valence-corrected chi connectivity index (χ0v) is 26.6. The second kappa shape index (κ2) is 14.4. The molecule has 0 spiro atoms. The number of sulfonamides is 1. The number of hydrogen-bond acceptors (Lipinski definition) is 5. The molecule has 10 heteroatoms. The van der Waals surface area contributed by atoms with Gasteiger partial charge in [0.15, 0.2) is 0 Å². The second-order valence-corrected chi connectivity index (χ2v) is 13.5. The standard InChI is InChI=1S/C35H38FN3O5S/c1-35(2,3)37-34(41)32(23-26-14-7-5-8-15-26)38(24-27-16-13-17-28(22-27)44-4)33(40)25-39(31-21-12-11-20-30(31)36)45(42,43)29-18-9-6-10-19-29/h5-22,32H,23-25H2,1-4H3,(H,37,41)/t32-/m0/s1. The summed E-state index contributed by atoms with van der Waals surface area (Å²) in [6, 6.07) is 28.2. The number of rotatable bonds is 12. The molecule has 4 rings (SSSR count). The average molecular weight is 632 g/mol. The number of carbonyl (C=O) groups excluding carboxylic acids is 2. The monoisotopic (exact) mass is 631 g/mol. The van der Waals surface area contributed by atoms with Gasteiger partial charge in [-0.1, -0.05) is 72.8 Å². The average Bonchev–Trinajstić information content (AvgIpc) is 3.02. The molecular weight excluding hydrogens is 593 g/mol. The number of amides is 2. The van der Waals surface area contributed by atoms with Gasteiger partial charge in [0.25, 0.3) is 10.0 Å². The normalized spacial score (nSPS) is 12.2. The van der Waals surface area contributed by atoms with Crippen LogP contribution < -0.4 is 14.4 Å². The van der Waals surface area contributed by atoms with E-state index in [1.165, 1.54) is 42.3 Å². The molecule has 0 saturated heterocycles. The van der Waals surface area contributed by atoms with Crippen molar-refractivity contribution in [2.24, 2.45) is 0 Å².